The van der Waals surface area contributed by atoms with E-state index in [1.54, 1.807) is 19.3 Å². The van der Waals surface area contributed by atoms with Gasteiger partial charge in [-0.3, -0.25) is 14.9 Å². The molecule has 0 unspecified atom stereocenters. The van der Waals surface area contributed by atoms with Crippen LogP contribution in [0.5, 0.6) is 0 Å². The standard InChI is InChI=1S/C17H19N5O3/c1-18-15-6-5-13(22(24)25)10-14(15)17(23)20-12-4-7-16(19-11-12)21-8-2-3-9-21/h4-7,10-11,18H,2-3,8-9H2,1H3,(H,20,23). The van der Waals surface area contributed by atoms with Crippen molar-refractivity contribution in [2.45, 2.75) is 12.8 Å². The van der Waals surface area contributed by atoms with Gasteiger partial charge in [0, 0.05) is 38.0 Å². The molecule has 0 radical (unpaired) electrons. The summed E-state index contributed by atoms with van der Waals surface area (Å²) in [6.07, 6.45) is 3.93. The van der Waals surface area contributed by atoms with Crippen LogP contribution in [0, 0.1) is 10.1 Å². The predicted octanol–water partition coefficient (Wildman–Crippen LogP) is 2.88. The molecule has 0 saturated carbocycles. The SMILES string of the molecule is CNc1ccc([N+](=O)[O-])cc1C(=O)Nc1ccc(N2CCCC2)nc1. The maximum absolute atomic E-state index is 12.5. The van der Waals surface area contributed by atoms with E-state index in [1.165, 1.54) is 31.0 Å². The summed E-state index contributed by atoms with van der Waals surface area (Å²) in [5.41, 5.74) is 1.14. The smallest absolute Gasteiger partial charge is 0.270 e. The van der Waals surface area contributed by atoms with E-state index in [0.717, 1.165) is 18.9 Å². The van der Waals surface area contributed by atoms with Crippen LogP contribution in [0.2, 0.25) is 0 Å². The molecule has 1 saturated heterocycles. The molecule has 2 heterocycles. The molecule has 130 valence electrons. The molecule has 1 amide bonds. The van der Waals surface area contributed by atoms with E-state index in [4.69, 9.17) is 0 Å². The lowest BCUT2D eigenvalue weighted by atomic mass is 10.1. The fourth-order valence-electron chi connectivity index (χ4n) is 2.84. The zero-order chi connectivity index (χ0) is 17.8. The molecule has 25 heavy (non-hydrogen) atoms. The summed E-state index contributed by atoms with van der Waals surface area (Å²) in [5, 5.41) is 16.5. The number of hydrogen-bond donors (Lipinski definition) is 2. The number of pyridine rings is 1. The number of carbonyl (C=O) groups is 1. The number of benzene rings is 1. The fourth-order valence-corrected chi connectivity index (χ4v) is 2.84. The van der Waals surface area contributed by atoms with Crippen molar-refractivity contribution in [2.75, 3.05) is 35.7 Å². The molecule has 8 heteroatoms. The van der Waals surface area contributed by atoms with Crippen LogP contribution in [-0.4, -0.2) is 36.0 Å². The minimum Gasteiger partial charge on any atom is -0.387 e. The van der Waals surface area contributed by atoms with Crippen molar-refractivity contribution >= 4 is 28.8 Å². The lowest BCUT2D eigenvalue weighted by Crippen LogP contribution is -2.19. The lowest BCUT2D eigenvalue weighted by Gasteiger charge is -2.16. The Morgan fingerprint density at radius 3 is 2.60 bits per heavy atom. The third-order valence-corrected chi connectivity index (χ3v) is 4.16. The summed E-state index contributed by atoms with van der Waals surface area (Å²) >= 11 is 0. The Bertz CT molecular complexity index is 785. The number of hydrogen-bond acceptors (Lipinski definition) is 6. The van der Waals surface area contributed by atoms with Gasteiger partial charge in [0.25, 0.3) is 11.6 Å². The normalized spacial score (nSPS) is 13.6. The summed E-state index contributed by atoms with van der Waals surface area (Å²) in [4.78, 5) is 29.5. The Kier molecular flexibility index (Phi) is 4.78. The number of non-ortho nitro benzene ring substituents is 1. The number of nitrogens with one attached hydrogen (secondary N) is 2. The van der Waals surface area contributed by atoms with Gasteiger partial charge in [0.1, 0.15) is 5.82 Å². The quantitative estimate of drug-likeness (QED) is 0.641. The third kappa shape index (κ3) is 3.68. The van der Waals surface area contributed by atoms with E-state index < -0.39 is 10.8 Å². The second kappa shape index (κ2) is 7.16. The molecule has 1 fully saturated rings. The molecule has 1 aliphatic heterocycles. The van der Waals surface area contributed by atoms with Crippen molar-refractivity contribution < 1.29 is 9.72 Å². The molecule has 1 aromatic carbocycles. The Hall–Kier alpha value is -3.16. The first kappa shape index (κ1) is 16.7. The lowest BCUT2D eigenvalue weighted by molar-refractivity contribution is -0.384. The van der Waals surface area contributed by atoms with Gasteiger partial charge in [0.15, 0.2) is 0 Å². The van der Waals surface area contributed by atoms with Gasteiger partial charge < -0.3 is 15.5 Å². The molecule has 0 bridgehead atoms. The van der Waals surface area contributed by atoms with Crippen LogP contribution in [0.15, 0.2) is 36.5 Å². The summed E-state index contributed by atoms with van der Waals surface area (Å²) in [5.74, 6) is 0.463. The van der Waals surface area contributed by atoms with Crippen molar-refractivity contribution in [3.63, 3.8) is 0 Å². The number of carbonyl (C=O) groups excluding carboxylic acids is 1. The molecule has 1 aliphatic rings. The van der Waals surface area contributed by atoms with Crippen LogP contribution in [-0.2, 0) is 0 Å². The number of nitro benzene ring substituents is 1. The van der Waals surface area contributed by atoms with E-state index in [0.29, 0.717) is 11.4 Å². The summed E-state index contributed by atoms with van der Waals surface area (Å²) < 4.78 is 0. The molecule has 0 spiro atoms. The number of amides is 1. The highest BCUT2D eigenvalue weighted by Gasteiger charge is 2.17. The maximum Gasteiger partial charge on any atom is 0.270 e. The second-order valence-corrected chi connectivity index (χ2v) is 5.79. The molecule has 0 atom stereocenters. The Labute approximate surface area is 145 Å². The zero-order valence-electron chi connectivity index (χ0n) is 13.9. The molecular weight excluding hydrogens is 322 g/mol. The number of anilines is 3. The van der Waals surface area contributed by atoms with E-state index in [1.807, 2.05) is 6.07 Å². The largest absolute Gasteiger partial charge is 0.387 e. The number of nitro groups is 1. The van der Waals surface area contributed by atoms with Crippen LogP contribution in [0.4, 0.5) is 22.9 Å². The van der Waals surface area contributed by atoms with Gasteiger partial charge in [-0.05, 0) is 31.0 Å². The Morgan fingerprint density at radius 2 is 2.00 bits per heavy atom. The minimum absolute atomic E-state index is 0.133. The third-order valence-electron chi connectivity index (χ3n) is 4.16. The number of aromatic nitrogens is 1. The number of nitrogens with zero attached hydrogens (tertiary/aromatic N) is 3. The molecule has 3 rings (SSSR count). The van der Waals surface area contributed by atoms with Crippen molar-refractivity contribution in [1.29, 1.82) is 0 Å². The van der Waals surface area contributed by atoms with Gasteiger partial charge in [-0.15, -0.1) is 0 Å². The van der Waals surface area contributed by atoms with Crippen LogP contribution >= 0.6 is 0 Å². The Balaban J connectivity index is 1.77. The fraction of sp³-hybridized carbons (Fsp3) is 0.294. The zero-order valence-corrected chi connectivity index (χ0v) is 13.9. The van der Waals surface area contributed by atoms with Crippen molar-refractivity contribution in [3.8, 4) is 0 Å². The highest BCUT2D eigenvalue weighted by Crippen LogP contribution is 2.24. The van der Waals surface area contributed by atoms with Gasteiger partial charge in [-0.2, -0.15) is 0 Å². The average Bonchev–Trinajstić information content (AvgIpc) is 3.16. The van der Waals surface area contributed by atoms with Crippen molar-refractivity contribution in [3.05, 3.63) is 52.2 Å². The van der Waals surface area contributed by atoms with Crippen LogP contribution in [0.25, 0.3) is 0 Å². The first-order valence-electron chi connectivity index (χ1n) is 8.07. The van der Waals surface area contributed by atoms with Gasteiger partial charge in [-0.1, -0.05) is 0 Å². The molecule has 2 N–H and O–H groups in total. The van der Waals surface area contributed by atoms with Gasteiger partial charge in [0.05, 0.1) is 22.4 Å². The van der Waals surface area contributed by atoms with E-state index in [9.17, 15) is 14.9 Å². The van der Waals surface area contributed by atoms with Crippen molar-refractivity contribution in [1.82, 2.24) is 4.98 Å². The average molecular weight is 341 g/mol. The predicted molar refractivity (Wildman–Crippen MR) is 96.3 cm³/mol. The first-order valence-corrected chi connectivity index (χ1v) is 8.07. The van der Waals surface area contributed by atoms with Gasteiger partial charge in [-0.25, -0.2) is 4.98 Å². The van der Waals surface area contributed by atoms with Crippen LogP contribution in [0.1, 0.15) is 23.2 Å². The molecule has 0 aliphatic carbocycles. The summed E-state index contributed by atoms with van der Waals surface area (Å²) in [6, 6.07) is 7.78. The molecular formula is C17H19N5O3. The monoisotopic (exact) mass is 341 g/mol. The van der Waals surface area contributed by atoms with Gasteiger partial charge >= 0.3 is 0 Å². The van der Waals surface area contributed by atoms with Crippen molar-refractivity contribution in [2.24, 2.45) is 0 Å². The van der Waals surface area contributed by atoms with Crippen LogP contribution in [0.3, 0.4) is 0 Å². The Morgan fingerprint density at radius 1 is 1.24 bits per heavy atom. The topological polar surface area (TPSA) is 100 Å². The molecule has 2 aromatic rings. The summed E-state index contributed by atoms with van der Waals surface area (Å²) in [6.45, 7) is 2.00. The maximum atomic E-state index is 12.5. The minimum atomic E-state index is -0.525. The molecule has 8 nitrogen and oxygen atoms in total. The number of rotatable bonds is 5. The van der Waals surface area contributed by atoms with E-state index in [-0.39, 0.29) is 11.3 Å². The second-order valence-electron chi connectivity index (χ2n) is 5.79. The molecule has 1 aromatic heterocycles. The summed E-state index contributed by atoms with van der Waals surface area (Å²) in [7, 11) is 1.66. The first-order chi connectivity index (χ1) is 12.1. The highest BCUT2D eigenvalue weighted by atomic mass is 16.6. The highest BCUT2D eigenvalue weighted by molar-refractivity contribution is 6.08. The van der Waals surface area contributed by atoms with E-state index >= 15 is 0 Å². The van der Waals surface area contributed by atoms with E-state index in [2.05, 4.69) is 20.5 Å². The van der Waals surface area contributed by atoms with Crippen LogP contribution < -0.4 is 15.5 Å². The van der Waals surface area contributed by atoms with Gasteiger partial charge in [0.2, 0.25) is 0 Å².